The standard InChI is InChI=1S/C11H14BrN3O2S/c12-9-5-10(15(16)17)11(14-7-9)13-6-8-1-3-18-4-2-8/h5,7-8H,1-4,6H2,(H,13,14). The number of thioether (sulfide) groups is 1. The number of anilines is 1. The molecule has 0 aliphatic carbocycles. The van der Waals surface area contributed by atoms with Gasteiger partial charge in [0.15, 0.2) is 0 Å². The number of rotatable bonds is 4. The van der Waals surface area contributed by atoms with Crippen molar-refractivity contribution in [1.82, 2.24) is 4.98 Å². The van der Waals surface area contributed by atoms with Gasteiger partial charge in [-0.25, -0.2) is 4.98 Å². The molecule has 1 saturated heterocycles. The first-order valence-corrected chi connectivity index (χ1v) is 7.73. The molecular formula is C11H14BrN3O2S. The molecule has 18 heavy (non-hydrogen) atoms. The SMILES string of the molecule is O=[N+]([O-])c1cc(Br)cnc1NCC1CCSCC1. The fraction of sp³-hybridized carbons (Fsp3) is 0.545. The van der Waals surface area contributed by atoms with Crippen molar-refractivity contribution in [2.75, 3.05) is 23.4 Å². The van der Waals surface area contributed by atoms with Crippen LogP contribution in [0.5, 0.6) is 0 Å². The van der Waals surface area contributed by atoms with Crippen LogP contribution in [0.1, 0.15) is 12.8 Å². The van der Waals surface area contributed by atoms with Crippen LogP contribution in [0.25, 0.3) is 0 Å². The van der Waals surface area contributed by atoms with Gasteiger partial charge in [0, 0.05) is 23.3 Å². The molecule has 1 N–H and O–H groups in total. The van der Waals surface area contributed by atoms with Crippen molar-refractivity contribution in [2.24, 2.45) is 5.92 Å². The summed E-state index contributed by atoms with van der Waals surface area (Å²) < 4.78 is 0.619. The highest BCUT2D eigenvalue weighted by atomic mass is 79.9. The van der Waals surface area contributed by atoms with Gasteiger partial charge in [-0.15, -0.1) is 0 Å². The lowest BCUT2D eigenvalue weighted by atomic mass is 10.0. The summed E-state index contributed by atoms with van der Waals surface area (Å²) in [7, 11) is 0. The Labute approximate surface area is 118 Å². The first-order valence-electron chi connectivity index (χ1n) is 5.78. The Balaban J connectivity index is 2.01. The first kappa shape index (κ1) is 13.6. The predicted octanol–water partition coefficient (Wildman–Crippen LogP) is 3.31. The molecule has 1 aromatic rings. The smallest absolute Gasteiger partial charge is 0.312 e. The highest BCUT2D eigenvalue weighted by molar-refractivity contribution is 9.10. The van der Waals surface area contributed by atoms with Crippen LogP contribution in [-0.2, 0) is 0 Å². The molecule has 5 nitrogen and oxygen atoms in total. The van der Waals surface area contributed by atoms with Crippen molar-refractivity contribution in [1.29, 1.82) is 0 Å². The highest BCUT2D eigenvalue weighted by Crippen LogP contribution is 2.27. The molecule has 1 aromatic heterocycles. The second kappa shape index (κ2) is 6.38. The minimum atomic E-state index is -0.406. The van der Waals surface area contributed by atoms with E-state index >= 15 is 0 Å². The third-order valence-electron chi connectivity index (χ3n) is 2.93. The topological polar surface area (TPSA) is 68.1 Å². The second-order valence-corrected chi connectivity index (χ2v) is 6.36. The van der Waals surface area contributed by atoms with E-state index < -0.39 is 4.92 Å². The molecule has 1 fully saturated rings. The molecule has 2 rings (SSSR count). The third kappa shape index (κ3) is 3.58. The van der Waals surface area contributed by atoms with E-state index in [-0.39, 0.29) is 5.69 Å². The van der Waals surface area contributed by atoms with Crippen LogP contribution in [-0.4, -0.2) is 28.0 Å². The second-order valence-electron chi connectivity index (χ2n) is 4.22. The normalized spacial score (nSPS) is 16.5. The van der Waals surface area contributed by atoms with Gasteiger partial charge in [-0.2, -0.15) is 11.8 Å². The maximum atomic E-state index is 10.9. The van der Waals surface area contributed by atoms with E-state index in [0.29, 0.717) is 16.2 Å². The van der Waals surface area contributed by atoms with Crippen molar-refractivity contribution < 1.29 is 4.92 Å². The summed E-state index contributed by atoms with van der Waals surface area (Å²) >= 11 is 5.17. The molecule has 2 heterocycles. The number of hydrogen-bond donors (Lipinski definition) is 1. The van der Waals surface area contributed by atoms with Gasteiger partial charge in [0.1, 0.15) is 0 Å². The number of aromatic nitrogens is 1. The summed E-state index contributed by atoms with van der Waals surface area (Å²) in [6.45, 7) is 0.760. The van der Waals surface area contributed by atoms with Crippen LogP contribution >= 0.6 is 27.7 Å². The zero-order valence-corrected chi connectivity index (χ0v) is 12.2. The number of nitrogens with one attached hydrogen (secondary N) is 1. The van der Waals surface area contributed by atoms with Crippen LogP contribution in [0.4, 0.5) is 11.5 Å². The van der Waals surface area contributed by atoms with Crippen molar-refractivity contribution >= 4 is 39.2 Å². The summed E-state index contributed by atoms with van der Waals surface area (Å²) in [5.74, 6) is 3.32. The van der Waals surface area contributed by atoms with Gasteiger partial charge in [-0.3, -0.25) is 10.1 Å². The monoisotopic (exact) mass is 331 g/mol. The van der Waals surface area contributed by atoms with E-state index in [4.69, 9.17) is 0 Å². The maximum Gasteiger partial charge on any atom is 0.312 e. The van der Waals surface area contributed by atoms with Crippen molar-refractivity contribution in [2.45, 2.75) is 12.8 Å². The number of nitrogens with zero attached hydrogens (tertiary/aromatic N) is 2. The Morgan fingerprint density at radius 2 is 2.28 bits per heavy atom. The van der Waals surface area contributed by atoms with Crippen LogP contribution < -0.4 is 5.32 Å². The van der Waals surface area contributed by atoms with Gasteiger partial charge < -0.3 is 5.32 Å². The number of nitro groups is 1. The first-order chi connectivity index (χ1) is 8.66. The van der Waals surface area contributed by atoms with Crippen LogP contribution in [0.15, 0.2) is 16.7 Å². The van der Waals surface area contributed by atoms with Gasteiger partial charge in [0.05, 0.1) is 4.92 Å². The summed E-state index contributed by atoms with van der Waals surface area (Å²) in [4.78, 5) is 14.6. The largest absolute Gasteiger partial charge is 0.364 e. The number of halogens is 1. The van der Waals surface area contributed by atoms with Gasteiger partial charge >= 0.3 is 5.69 Å². The summed E-state index contributed by atoms with van der Waals surface area (Å²) in [5, 5.41) is 14.0. The molecule has 0 bridgehead atoms. The highest BCUT2D eigenvalue weighted by Gasteiger charge is 2.18. The molecule has 98 valence electrons. The zero-order chi connectivity index (χ0) is 13.0. The molecule has 0 amide bonds. The lowest BCUT2D eigenvalue weighted by Gasteiger charge is -2.21. The molecule has 0 atom stereocenters. The molecule has 0 aromatic carbocycles. The molecule has 1 aliphatic heterocycles. The Kier molecular flexibility index (Phi) is 4.82. The summed E-state index contributed by atoms with van der Waals surface area (Å²) in [6.07, 6.45) is 3.91. The van der Waals surface area contributed by atoms with Gasteiger partial charge in [0.2, 0.25) is 5.82 Å². The van der Waals surface area contributed by atoms with Crippen LogP contribution in [0.2, 0.25) is 0 Å². The molecular weight excluding hydrogens is 318 g/mol. The molecule has 0 radical (unpaired) electrons. The number of pyridine rings is 1. The molecule has 1 aliphatic rings. The van der Waals surface area contributed by atoms with Gasteiger partial charge in [-0.1, -0.05) is 0 Å². The van der Waals surface area contributed by atoms with Crippen molar-refractivity contribution in [3.63, 3.8) is 0 Å². The number of hydrogen-bond acceptors (Lipinski definition) is 5. The van der Waals surface area contributed by atoms with E-state index in [0.717, 1.165) is 6.54 Å². The van der Waals surface area contributed by atoms with E-state index in [1.807, 2.05) is 11.8 Å². The quantitative estimate of drug-likeness (QED) is 0.677. The van der Waals surface area contributed by atoms with Crippen molar-refractivity contribution in [3.8, 4) is 0 Å². The van der Waals surface area contributed by atoms with Gasteiger partial charge in [0.25, 0.3) is 0 Å². The third-order valence-corrected chi connectivity index (χ3v) is 4.41. The Hall–Kier alpha value is -0.820. The average Bonchev–Trinajstić information content (AvgIpc) is 2.38. The Morgan fingerprint density at radius 1 is 1.56 bits per heavy atom. The Morgan fingerprint density at radius 3 is 2.94 bits per heavy atom. The lowest BCUT2D eigenvalue weighted by molar-refractivity contribution is -0.384. The molecule has 7 heteroatoms. The fourth-order valence-electron chi connectivity index (χ4n) is 1.90. The fourth-order valence-corrected chi connectivity index (χ4v) is 3.42. The van der Waals surface area contributed by atoms with Crippen molar-refractivity contribution in [3.05, 3.63) is 26.9 Å². The predicted molar refractivity (Wildman–Crippen MR) is 77.1 cm³/mol. The van der Waals surface area contributed by atoms with Crippen LogP contribution in [0, 0.1) is 16.0 Å². The zero-order valence-electron chi connectivity index (χ0n) is 9.76. The molecule has 0 spiro atoms. The molecule has 0 saturated carbocycles. The summed E-state index contributed by atoms with van der Waals surface area (Å²) in [5.41, 5.74) is 0.0227. The minimum Gasteiger partial charge on any atom is -0.364 e. The van der Waals surface area contributed by atoms with Crippen LogP contribution in [0.3, 0.4) is 0 Å². The maximum absolute atomic E-state index is 10.9. The summed E-state index contributed by atoms with van der Waals surface area (Å²) in [6, 6.07) is 1.48. The average molecular weight is 332 g/mol. The Bertz CT molecular complexity index is 438. The van der Waals surface area contributed by atoms with Gasteiger partial charge in [-0.05, 0) is 46.2 Å². The van der Waals surface area contributed by atoms with E-state index in [9.17, 15) is 10.1 Å². The lowest BCUT2D eigenvalue weighted by Crippen LogP contribution is -2.20. The minimum absolute atomic E-state index is 0.0227. The van der Waals surface area contributed by atoms with E-state index in [1.54, 1.807) is 6.20 Å². The van der Waals surface area contributed by atoms with E-state index in [2.05, 4.69) is 26.2 Å². The van der Waals surface area contributed by atoms with E-state index in [1.165, 1.54) is 30.4 Å². The molecule has 0 unspecified atom stereocenters.